The minimum atomic E-state index is 0.452. The molecule has 0 aliphatic carbocycles. The van der Waals surface area contributed by atoms with Gasteiger partial charge in [0.05, 0.1) is 17.6 Å². The molecule has 1 aromatic carbocycles. The highest BCUT2D eigenvalue weighted by atomic mass is 15.3. The summed E-state index contributed by atoms with van der Waals surface area (Å²) < 4.78 is 2.07. The molecule has 0 atom stereocenters. The average Bonchev–Trinajstić information content (AvgIpc) is 2.83. The van der Waals surface area contributed by atoms with Gasteiger partial charge in [-0.1, -0.05) is 45.9 Å². The van der Waals surface area contributed by atoms with Crippen molar-refractivity contribution >= 4 is 0 Å². The van der Waals surface area contributed by atoms with Gasteiger partial charge in [0, 0.05) is 12.1 Å². The molecule has 1 aromatic heterocycles. The number of benzene rings is 1. The van der Waals surface area contributed by atoms with E-state index in [4.69, 9.17) is 0 Å². The Balaban J connectivity index is 2.24. The van der Waals surface area contributed by atoms with Gasteiger partial charge >= 0.3 is 0 Å². The molecule has 3 nitrogen and oxygen atoms in total. The van der Waals surface area contributed by atoms with Gasteiger partial charge in [-0.25, -0.2) is 4.68 Å². The van der Waals surface area contributed by atoms with Gasteiger partial charge in [0.1, 0.15) is 0 Å². The van der Waals surface area contributed by atoms with Gasteiger partial charge in [-0.3, -0.25) is 0 Å². The molecule has 1 N–H and O–H groups in total. The van der Waals surface area contributed by atoms with Crippen LogP contribution < -0.4 is 5.32 Å². The van der Waals surface area contributed by atoms with E-state index >= 15 is 0 Å². The van der Waals surface area contributed by atoms with Crippen molar-refractivity contribution in [1.82, 2.24) is 15.1 Å². The zero-order valence-corrected chi connectivity index (χ0v) is 12.9. The van der Waals surface area contributed by atoms with Crippen LogP contribution in [-0.2, 0) is 6.54 Å². The number of rotatable bonds is 6. The van der Waals surface area contributed by atoms with Gasteiger partial charge in [0.2, 0.25) is 0 Å². The maximum atomic E-state index is 4.58. The van der Waals surface area contributed by atoms with E-state index in [1.165, 1.54) is 11.3 Å². The molecule has 0 radical (unpaired) electrons. The van der Waals surface area contributed by atoms with Crippen LogP contribution in [0.4, 0.5) is 0 Å². The van der Waals surface area contributed by atoms with E-state index in [2.05, 4.69) is 67.1 Å². The van der Waals surface area contributed by atoms with E-state index in [-0.39, 0.29) is 0 Å². The molecule has 20 heavy (non-hydrogen) atoms. The lowest BCUT2D eigenvalue weighted by Crippen LogP contribution is -2.20. The molecule has 0 fully saturated rings. The van der Waals surface area contributed by atoms with Crippen molar-refractivity contribution in [2.24, 2.45) is 5.92 Å². The monoisotopic (exact) mass is 271 g/mol. The van der Waals surface area contributed by atoms with Gasteiger partial charge in [-0.15, -0.1) is 0 Å². The van der Waals surface area contributed by atoms with Crippen molar-refractivity contribution in [2.45, 2.75) is 40.2 Å². The Hall–Kier alpha value is -1.61. The lowest BCUT2D eigenvalue weighted by molar-refractivity contribution is 0.549. The molecule has 0 unspecified atom stereocenters. The molecule has 0 amide bonds. The number of hydrogen-bond donors (Lipinski definition) is 1. The minimum absolute atomic E-state index is 0.452. The standard InChI is InChI=1S/C17H25N3/c1-13(2)10-18-11-15-12-19-20(17(15)14(3)4)16-8-6-5-7-9-16/h5-9,12-14,18H,10-11H2,1-4H3. The van der Waals surface area contributed by atoms with E-state index in [0.29, 0.717) is 11.8 Å². The maximum Gasteiger partial charge on any atom is 0.0649 e. The van der Waals surface area contributed by atoms with Crippen molar-refractivity contribution in [3.8, 4) is 5.69 Å². The Morgan fingerprint density at radius 2 is 1.80 bits per heavy atom. The summed E-state index contributed by atoms with van der Waals surface area (Å²) in [6, 6.07) is 10.3. The molecular weight excluding hydrogens is 246 g/mol. The summed E-state index contributed by atoms with van der Waals surface area (Å²) in [6.45, 7) is 10.8. The fourth-order valence-electron chi connectivity index (χ4n) is 2.41. The zero-order chi connectivity index (χ0) is 14.5. The van der Waals surface area contributed by atoms with Crippen molar-refractivity contribution in [2.75, 3.05) is 6.54 Å². The smallest absolute Gasteiger partial charge is 0.0649 e. The van der Waals surface area contributed by atoms with Crippen molar-refractivity contribution in [3.63, 3.8) is 0 Å². The van der Waals surface area contributed by atoms with Gasteiger partial charge in [-0.05, 0) is 30.5 Å². The summed E-state index contributed by atoms with van der Waals surface area (Å²) in [6.07, 6.45) is 2.00. The highest BCUT2D eigenvalue weighted by molar-refractivity contribution is 5.36. The summed E-state index contributed by atoms with van der Waals surface area (Å²) in [5, 5.41) is 8.09. The fraction of sp³-hybridized carbons (Fsp3) is 0.471. The molecular formula is C17H25N3. The van der Waals surface area contributed by atoms with Gasteiger partial charge in [0.25, 0.3) is 0 Å². The lowest BCUT2D eigenvalue weighted by atomic mass is 10.1. The first kappa shape index (κ1) is 14.8. The normalized spacial score (nSPS) is 11.5. The second kappa shape index (κ2) is 6.71. The Morgan fingerprint density at radius 1 is 1.10 bits per heavy atom. The van der Waals surface area contributed by atoms with Crippen LogP contribution in [0.3, 0.4) is 0 Å². The number of para-hydroxylation sites is 1. The van der Waals surface area contributed by atoms with E-state index < -0.39 is 0 Å². The summed E-state index contributed by atoms with van der Waals surface area (Å²) >= 11 is 0. The first-order valence-electron chi connectivity index (χ1n) is 7.42. The molecule has 0 saturated carbocycles. The first-order valence-corrected chi connectivity index (χ1v) is 7.42. The third-order valence-corrected chi connectivity index (χ3v) is 3.30. The van der Waals surface area contributed by atoms with Crippen LogP contribution in [0.5, 0.6) is 0 Å². The van der Waals surface area contributed by atoms with Crippen molar-refractivity contribution in [3.05, 3.63) is 47.8 Å². The second-order valence-electron chi connectivity index (χ2n) is 5.98. The van der Waals surface area contributed by atoms with Gasteiger partial charge in [-0.2, -0.15) is 5.10 Å². The van der Waals surface area contributed by atoms with Gasteiger partial charge in [0.15, 0.2) is 0 Å². The van der Waals surface area contributed by atoms with Crippen LogP contribution >= 0.6 is 0 Å². The maximum absolute atomic E-state index is 4.58. The molecule has 0 aliphatic heterocycles. The van der Waals surface area contributed by atoms with Crippen LogP contribution in [0.1, 0.15) is 44.9 Å². The van der Waals surface area contributed by atoms with Crippen molar-refractivity contribution < 1.29 is 0 Å². The van der Waals surface area contributed by atoms with E-state index in [1.54, 1.807) is 0 Å². The van der Waals surface area contributed by atoms with Crippen LogP contribution in [0, 0.1) is 5.92 Å². The first-order chi connectivity index (χ1) is 9.59. The fourth-order valence-corrected chi connectivity index (χ4v) is 2.41. The molecule has 3 heteroatoms. The third-order valence-electron chi connectivity index (χ3n) is 3.30. The van der Waals surface area contributed by atoms with Gasteiger partial charge < -0.3 is 5.32 Å². The summed E-state index contributed by atoms with van der Waals surface area (Å²) in [5.74, 6) is 1.12. The molecule has 0 bridgehead atoms. The predicted octanol–water partition coefficient (Wildman–Crippen LogP) is 3.74. The molecule has 0 spiro atoms. The summed E-state index contributed by atoms with van der Waals surface area (Å²) in [7, 11) is 0. The molecule has 0 aliphatic rings. The number of aromatic nitrogens is 2. The SMILES string of the molecule is CC(C)CNCc1cnn(-c2ccccc2)c1C(C)C. The lowest BCUT2D eigenvalue weighted by Gasteiger charge is -2.14. The quantitative estimate of drug-likeness (QED) is 0.867. The second-order valence-corrected chi connectivity index (χ2v) is 5.98. The third kappa shape index (κ3) is 3.48. The minimum Gasteiger partial charge on any atom is -0.312 e. The largest absolute Gasteiger partial charge is 0.312 e. The molecule has 2 rings (SSSR count). The number of nitrogens with one attached hydrogen (secondary N) is 1. The van der Waals surface area contributed by atoms with E-state index in [9.17, 15) is 0 Å². The topological polar surface area (TPSA) is 29.9 Å². The number of nitrogens with zero attached hydrogens (tertiary/aromatic N) is 2. The Morgan fingerprint density at radius 3 is 2.40 bits per heavy atom. The number of hydrogen-bond acceptors (Lipinski definition) is 2. The Kier molecular flexibility index (Phi) is 4.96. The molecule has 2 aromatic rings. The highest BCUT2D eigenvalue weighted by Crippen LogP contribution is 2.22. The molecule has 0 saturated heterocycles. The Labute approximate surface area is 122 Å². The van der Waals surface area contributed by atoms with Crippen molar-refractivity contribution in [1.29, 1.82) is 0 Å². The predicted molar refractivity (Wildman–Crippen MR) is 84.2 cm³/mol. The molecule has 108 valence electrons. The van der Waals surface area contributed by atoms with E-state index in [1.807, 2.05) is 12.3 Å². The van der Waals surface area contributed by atoms with Crippen LogP contribution in [0.2, 0.25) is 0 Å². The highest BCUT2D eigenvalue weighted by Gasteiger charge is 2.15. The van der Waals surface area contributed by atoms with Crippen LogP contribution in [-0.4, -0.2) is 16.3 Å². The van der Waals surface area contributed by atoms with E-state index in [0.717, 1.165) is 18.8 Å². The molecule has 1 heterocycles. The van der Waals surface area contributed by atoms with Crippen LogP contribution in [0.15, 0.2) is 36.5 Å². The zero-order valence-electron chi connectivity index (χ0n) is 12.9. The van der Waals surface area contributed by atoms with Crippen LogP contribution in [0.25, 0.3) is 5.69 Å². The summed E-state index contributed by atoms with van der Waals surface area (Å²) in [5.41, 5.74) is 3.73. The summed E-state index contributed by atoms with van der Waals surface area (Å²) in [4.78, 5) is 0. The average molecular weight is 271 g/mol. The Bertz CT molecular complexity index is 526.